The Labute approximate surface area is 441 Å². The largest absolute Gasteiger partial charge is 0.462 e. The van der Waals surface area contributed by atoms with Crippen molar-refractivity contribution < 1.29 is 28.6 Å². The van der Waals surface area contributed by atoms with Crippen molar-refractivity contribution in [3.63, 3.8) is 0 Å². The zero-order chi connectivity index (χ0) is 51.4. The summed E-state index contributed by atoms with van der Waals surface area (Å²) in [6, 6.07) is 0. The fraction of sp³-hybridized carbons (Fsp3) is 0.831. The van der Waals surface area contributed by atoms with Gasteiger partial charge in [0.2, 0.25) is 0 Å². The molecule has 0 aromatic heterocycles. The Morgan fingerprint density at radius 1 is 0.282 bits per heavy atom. The molecule has 0 N–H and O–H groups in total. The van der Waals surface area contributed by atoms with E-state index in [1.165, 1.54) is 205 Å². The monoisotopic (exact) mass is 995 g/mol. The van der Waals surface area contributed by atoms with Gasteiger partial charge < -0.3 is 14.2 Å². The molecule has 414 valence electrons. The average molecular weight is 996 g/mol. The van der Waals surface area contributed by atoms with E-state index < -0.39 is 6.10 Å². The maximum Gasteiger partial charge on any atom is 0.306 e. The summed E-state index contributed by atoms with van der Waals surface area (Å²) in [5.74, 6) is -0.875. The van der Waals surface area contributed by atoms with Crippen LogP contribution in [0.4, 0.5) is 0 Å². The third-order valence-corrected chi connectivity index (χ3v) is 13.8. The smallest absolute Gasteiger partial charge is 0.306 e. The minimum absolute atomic E-state index is 0.0767. The van der Waals surface area contributed by atoms with Gasteiger partial charge in [0, 0.05) is 19.3 Å². The molecule has 0 saturated heterocycles. The number of hydrogen-bond acceptors (Lipinski definition) is 6. The molecule has 0 fully saturated rings. The molecule has 6 nitrogen and oxygen atoms in total. The lowest BCUT2D eigenvalue weighted by Crippen LogP contribution is -2.30. The predicted octanol–water partition coefficient (Wildman–Crippen LogP) is 21.0. The van der Waals surface area contributed by atoms with E-state index in [4.69, 9.17) is 14.2 Å². The molecule has 0 spiro atoms. The number of allylic oxidation sites excluding steroid dienone is 8. The third-order valence-electron chi connectivity index (χ3n) is 13.8. The van der Waals surface area contributed by atoms with Gasteiger partial charge in [-0.05, 0) is 83.5 Å². The Balaban J connectivity index is 4.35. The molecule has 71 heavy (non-hydrogen) atoms. The molecule has 0 rings (SSSR count). The molecular formula is C65H118O6. The van der Waals surface area contributed by atoms with Crippen LogP contribution in [0.3, 0.4) is 0 Å². The van der Waals surface area contributed by atoms with Gasteiger partial charge in [-0.3, -0.25) is 14.4 Å². The van der Waals surface area contributed by atoms with Crippen LogP contribution in [-0.4, -0.2) is 37.2 Å². The molecule has 0 aromatic rings. The van der Waals surface area contributed by atoms with Crippen LogP contribution in [0.25, 0.3) is 0 Å². The van der Waals surface area contributed by atoms with Crippen LogP contribution in [0.2, 0.25) is 0 Å². The van der Waals surface area contributed by atoms with E-state index in [1.807, 2.05) is 0 Å². The van der Waals surface area contributed by atoms with Gasteiger partial charge in [-0.2, -0.15) is 0 Å². The van der Waals surface area contributed by atoms with Crippen molar-refractivity contribution in [2.45, 2.75) is 335 Å². The van der Waals surface area contributed by atoms with Crippen molar-refractivity contribution in [3.05, 3.63) is 48.6 Å². The van der Waals surface area contributed by atoms with Crippen molar-refractivity contribution in [2.75, 3.05) is 13.2 Å². The molecule has 0 bridgehead atoms. The highest BCUT2D eigenvalue weighted by Gasteiger charge is 2.19. The topological polar surface area (TPSA) is 78.9 Å². The minimum atomic E-state index is -0.779. The molecule has 0 aliphatic carbocycles. The number of ether oxygens (including phenoxy) is 3. The van der Waals surface area contributed by atoms with Crippen molar-refractivity contribution in [1.82, 2.24) is 0 Å². The van der Waals surface area contributed by atoms with Gasteiger partial charge in [0.05, 0.1) is 0 Å². The molecule has 1 atom stereocenters. The number of esters is 3. The summed E-state index contributed by atoms with van der Waals surface area (Å²) in [4.78, 5) is 38.3. The normalized spacial score (nSPS) is 12.3. The van der Waals surface area contributed by atoms with Gasteiger partial charge in [-0.25, -0.2) is 0 Å². The Morgan fingerprint density at radius 3 is 0.803 bits per heavy atom. The maximum absolute atomic E-state index is 12.9. The molecule has 0 amide bonds. The molecule has 6 heteroatoms. The quantitative estimate of drug-likeness (QED) is 0.0261. The standard InChI is InChI=1S/C65H118O6/c1-4-7-10-13-16-19-22-25-28-30-32-34-37-40-43-46-49-52-55-58-64(67)70-61-62(60-69-63(66)57-54-51-48-45-42-39-36-27-24-21-18-15-12-9-6-3)71-65(68)59-56-53-50-47-44-41-38-35-33-31-29-26-23-20-17-14-11-8-5-2/h16,18-19,21,25,27-28,36,62H,4-15,17,20,22-24,26,29-35,37-61H2,1-3H3/b19-16-,21-18-,28-25-,36-27-. The summed E-state index contributed by atoms with van der Waals surface area (Å²) in [6.45, 7) is 6.62. The van der Waals surface area contributed by atoms with Crippen LogP contribution in [0.1, 0.15) is 329 Å². The van der Waals surface area contributed by atoms with Gasteiger partial charge in [0.15, 0.2) is 6.10 Å². The number of carbonyl (C=O) groups is 3. The summed E-state index contributed by atoms with van der Waals surface area (Å²) < 4.78 is 16.9. The van der Waals surface area contributed by atoms with Crippen LogP contribution >= 0.6 is 0 Å². The van der Waals surface area contributed by atoms with Gasteiger partial charge in [0.1, 0.15) is 13.2 Å². The number of rotatable bonds is 57. The molecule has 0 radical (unpaired) electrons. The zero-order valence-corrected chi connectivity index (χ0v) is 47.5. The first-order valence-corrected chi connectivity index (χ1v) is 31.1. The van der Waals surface area contributed by atoms with Crippen molar-refractivity contribution in [3.8, 4) is 0 Å². The summed E-state index contributed by atoms with van der Waals surface area (Å²) in [5.41, 5.74) is 0. The second kappa shape index (κ2) is 59.9. The summed E-state index contributed by atoms with van der Waals surface area (Å²) in [6.07, 6.45) is 73.9. The summed E-state index contributed by atoms with van der Waals surface area (Å²) >= 11 is 0. The van der Waals surface area contributed by atoms with E-state index in [9.17, 15) is 14.4 Å². The lowest BCUT2D eigenvalue weighted by atomic mass is 10.0. The van der Waals surface area contributed by atoms with Gasteiger partial charge in [-0.1, -0.05) is 275 Å². The van der Waals surface area contributed by atoms with Crippen molar-refractivity contribution in [1.29, 1.82) is 0 Å². The van der Waals surface area contributed by atoms with Gasteiger partial charge in [-0.15, -0.1) is 0 Å². The second-order valence-electron chi connectivity index (χ2n) is 21.0. The first-order valence-electron chi connectivity index (χ1n) is 31.1. The summed E-state index contributed by atoms with van der Waals surface area (Å²) in [5, 5.41) is 0. The highest BCUT2D eigenvalue weighted by molar-refractivity contribution is 5.71. The average Bonchev–Trinajstić information content (AvgIpc) is 3.37. The van der Waals surface area contributed by atoms with E-state index in [0.29, 0.717) is 19.3 Å². The lowest BCUT2D eigenvalue weighted by molar-refractivity contribution is -0.167. The Bertz CT molecular complexity index is 1230. The molecule has 0 heterocycles. The molecule has 0 aliphatic rings. The first kappa shape index (κ1) is 68.4. The van der Waals surface area contributed by atoms with Crippen LogP contribution in [0.15, 0.2) is 48.6 Å². The SMILES string of the molecule is CCCCC/C=C\C/C=C\CCCCCCCCCCCC(=O)OCC(COC(=O)CCCCCCC/C=C\C/C=C\CCCCC)OC(=O)CCCCCCCCCCCCCCCCCCCCC. The fourth-order valence-electron chi connectivity index (χ4n) is 9.09. The zero-order valence-electron chi connectivity index (χ0n) is 47.5. The lowest BCUT2D eigenvalue weighted by Gasteiger charge is -2.18. The summed E-state index contributed by atoms with van der Waals surface area (Å²) in [7, 11) is 0. The maximum atomic E-state index is 12.9. The predicted molar refractivity (Wildman–Crippen MR) is 307 cm³/mol. The van der Waals surface area contributed by atoms with Crippen LogP contribution in [0, 0.1) is 0 Å². The third kappa shape index (κ3) is 58.1. The van der Waals surface area contributed by atoms with E-state index in [0.717, 1.165) is 83.5 Å². The Morgan fingerprint density at radius 2 is 0.507 bits per heavy atom. The van der Waals surface area contributed by atoms with E-state index >= 15 is 0 Å². The number of unbranched alkanes of at least 4 members (excludes halogenated alkanes) is 38. The van der Waals surface area contributed by atoms with Gasteiger partial charge in [0.25, 0.3) is 0 Å². The Hall–Kier alpha value is -2.63. The molecular weight excluding hydrogens is 877 g/mol. The van der Waals surface area contributed by atoms with Crippen LogP contribution in [-0.2, 0) is 28.6 Å². The number of carbonyl (C=O) groups excluding carboxylic acids is 3. The second-order valence-corrected chi connectivity index (χ2v) is 21.0. The van der Waals surface area contributed by atoms with Gasteiger partial charge >= 0.3 is 17.9 Å². The molecule has 0 saturated carbocycles. The first-order chi connectivity index (χ1) is 35.0. The van der Waals surface area contributed by atoms with E-state index in [2.05, 4.69) is 69.4 Å². The fourth-order valence-corrected chi connectivity index (χ4v) is 9.09. The van der Waals surface area contributed by atoms with Crippen molar-refractivity contribution >= 4 is 17.9 Å². The van der Waals surface area contributed by atoms with E-state index in [-0.39, 0.29) is 31.1 Å². The highest BCUT2D eigenvalue weighted by atomic mass is 16.6. The molecule has 0 aromatic carbocycles. The minimum Gasteiger partial charge on any atom is -0.462 e. The van der Waals surface area contributed by atoms with Crippen LogP contribution < -0.4 is 0 Å². The number of hydrogen-bond donors (Lipinski definition) is 0. The van der Waals surface area contributed by atoms with Crippen molar-refractivity contribution in [2.24, 2.45) is 0 Å². The van der Waals surface area contributed by atoms with E-state index in [1.54, 1.807) is 0 Å². The molecule has 1 unspecified atom stereocenters. The Kier molecular flexibility index (Phi) is 57.7. The molecule has 0 aliphatic heterocycles. The highest BCUT2D eigenvalue weighted by Crippen LogP contribution is 2.17. The van der Waals surface area contributed by atoms with Crippen LogP contribution in [0.5, 0.6) is 0 Å².